The van der Waals surface area contributed by atoms with Crippen LogP contribution < -0.4 is 5.32 Å². The molecule has 1 heterocycles. The topological polar surface area (TPSA) is 12.0 Å². The minimum absolute atomic E-state index is 0.430. The second-order valence-corrected chi connectivity index (χ2v) is 7.23. The number of nitrogens with one attached hydrogen (secondary N) is 1. The summed E-state index contributed by atoms with van der Waals surface area (Å²) in [6.07, 6.45) is 2.93. The summed E-state index contributed by atoms with van der Waals surface area (Å²) in [6.45, 7) is 3.29. The molecule has 16 heavy (non-hydrogen) atoms. The van der Waals surface area contributed by atoms with Crippen LogP contribution in [0.25, 0.3) is 0 Å². The second kappa shape index (κ2) is 6.29. The first kappa shape index (κ1) is 12.7. The summed E-state index contributed by atoms with van der Waals surface area (Å²) in [4.78, 5) is 1.33. The Bertz CT molecular complexity index is 323. The van der Waals surface area contributed by atoms with Crippen LogP contribution in [0, 0.1) is 5.92 Å². The van der Waals surface area contributed by atoms with Crippen molar-refractivity contribution in [2.24, 2.45) is 5.92 Å². The fraction of sp³-hybridized carbons (Fsp3) is 0.667. The Hall–Kier alpha value is 0.300. The van der Waals surface area contributed by atoms with Crippen molar-refractivity contribution in [3.05, 3.63) is 21.3 Å². The Balaban J connectivity index is 1.57. The van der Waals surface area contributed by atoms with Gasteiger partial charge in [-0.3, -0.25) is 0 Å². The van der Waals surface area contributed by atoms with Gasteiger partial charge in [0.2, 0.25) is 0 Å². The van der Waals surface area contributed by atoms with E-state index in [-0.39, 0.29) is 0 Å². The minimum atomic E-state index is 0.430. The predicted octanol–water partition coefficient (Wildman–Crippen LogP) is 4.20. The van der Waals surface area contributed by atoms with E-state index in [1.54, 1.807) is 11.3 Å². The summed E-state index contributed by atoms with van der Waals surface area (Å²) in [5.41, 5.74) is 0. The average molecular weight is 276 g/mol. The summed E-state index contributed by atoms with van der Waals surface area (Å²) in [7, 11) is 0. The molecule has 0 aromatic carbocycles. The Labute approximate surface area is 111 Å². The van der Waals surface area contributed by atoms with Crippen LogP contribution in [0.5, 0.6) is 0 Å². The van der Waals surface area contributed by atoms with E-state index in [0.29, 0.717) is 6.04 Å². The molecule has 1 unspecified atom stereocenters. The Morgan fingerprint density at radius 1 is 1.56 bits per heavy atom. The van der Waals surface area contributed by atoms with Crippen LogP contribution >= 0.6 is 34.7 Å². The van der Waals surface area contributed by atoms with Crippen LogP contribution in [0.1, 0.15) is 30.7 Å². The van der Waals surface area contributed by atoms with Crippen molar-refractivity contribution < 1.29 is 0 Å². The molecule has 0 bridgehead atoms. The van der Waals surface area contributed by atoms with Crippen molar-refractivity contribution in [1.29, 1.82) is 0 Å². The zero-order chi connectivity index (χ0) is 11.4. The third-order valence-corrected chi connectivity index (χ3v) is 5.38. The van der Waals surface area contributed by atoms with Crippen LogP contribution in [-0.2, 0) is 0 Å². The normalized spacial score (nSPS) is 17.6. The van der Waals surface area contributed by atoms with Crippen molar-refractivity contribution in [2.45, 2.75) is 25.8 Å². The lowest BCUT2D eigenvalue weighted by atomic mass is 10.3. The molecule has 1 aliphatic rings. The summed E-state index contributed by atoms with van der Waals surface area (Å²) in [5, 5.41) is 3.54. The van der Waals surface area contributed by atoms with E-state index in [9.17, 15) is 0 Å². The van der Waals surface area contributed by atoms with Gasteiger partial charge in [0.15, 0.2) is 0 Å². The molecule has 1 saturated carbocycles. The number of thiophene rings is 1. The van der Waals surface area contributed by atoms with E-state index in [0.717, 1.165) is 16.8 Å². The molecule has 1 N–H and O–H groups in total. The molecule has 2 rings (SSSR count). The van der Waals surface area contributed by atoms with Gasteiger partial charge in [-0.2, -0.15) is 11.8 Å². The molecular formula is C12H18ClNS2. The standard InChI is InChI=1S/C12H18ClNS2/c1-9(11-4-5-12(13)16-11)14-6-7-15-8-10-2-3-10/h4-5,9-10,14H,2-3,6-8H2,1H3. The van der Waals surface area contributed by atoms with E-state index in [1.165, 1.54) is 29.2 Å². The highest BCUT2D eigenvalue weighted by atomic mass is 35.5. The predicted molar refractivity (Wildman–Crippen MR) is 75.8 cm³/mol. The van der Waals surface area contributed by atoms with Crippen molar-refractivity contribution in [2.75, 3.05) is 18.1 Å². The van der Waals surface area contributed by atoms with Gasteiger partial charge in [-0.1, -0.05) is 11.6 Å². The molecule has 1 atom stereocenters. The van der Waals surface area contributed by atoms with Crippen molar-refractivity contribution in [1.82, 2.24) is 5.32 Å². The lowest BCUT2D eigenvalue weighted by Crippen LogP contribution is -2.20. The third kappa shape index (κ3) is 4.28. The van der Waals surface area contributed by atoms with Gasteiger partial charge in [-0.15, -0.1) is 11.3 Å². The van der Waals surface area contributed by atoms with Gasteiger partial charge in [0, 0.05) is 23.2 Å². The second-order valence-electron chi connectivity index (χ2n) is 4.34. The summed E-state index contributed by atoms with van der Waals surface area (Å²) in [6, 6.07) is 4.52. The van der Waals surface area contributed by atoms with Gasteiger partial charge in [0.05, 0.1) is 4.34 Å². The Kier molecular flexibility index (Phi) is 5.01. The highest BCUT2D eigenvalue weighted by molar-refractivity contribution is 7.99. The fourth-order valence-corrected chi connectivity index (χ4v) is 3.73. The average Bonchev–Trinajstić information content (AvgIpc) is 2.99. The monoisotopic (exact) mass is 275 g/mol. The fourth-order valence-electron chi connectivity index (χ4n) is 1.54. The minimum Gasteiger partial charge on any atom is -0.309 e. The third-order valence-electron chi connectivity index (χ3n) is 2.77. The molecule has 0 amide bonds. The highest BCUT2D eigenvalue weighted by Crippen LogP contribution is 2.32. The van der Waals surface area contributed by atoms with Crippen molar-refractivity contribution in [3.8, 4) is 0 Å². The zero-order valence-corrected chi connectivity index (χ0v) is 11.9. The number of hydrogen-bond acceptors (Lipinski definition) is 3. The van der Waals surface area contributed by atoms with Crippen LogP contribution in [0.3, 0.4) is 0 Å². The summed E-state index contributed by atoms with van der Waals surface area (Å²) >= 11 is 9.67. The number of rotatable bonds is 7. The van der Waals surface area contributed by atoms with Crippen molar-refractivity contribution >= 4 is 34.7 Å². The number of hydrogen-bond donors (Lipinski definition) is 1. The number of halogens is 1. The lowest BCUT2D eigenvalue weighted by molar-refractivity contribution is 0.610. The van der Waals surface area contributed by atoms with Gasteiger partial charge in [-0.05, 0) is 43.6 Å². The molecule has 90 valence electrons. The van der Waals surface area contributed by atoms with Crippen LogP contribution in [0.2, 0.25) is 4.34 Å². The first-order chi connectivity index (χ1) is 7.75. The summed E-state index contributed by atoms with van der Waals surface area (Å²) < 4.78 is 0.881. The summed E-state index contributed by atoms with van der Waals surface area (Å²) in [5.74, 6) is 3.62. The van der Waals surface area contributed by atoms with E-state index in [2.05, 4.69) is 30.1 Å². The molecule has 0 saturated heterocycles. The van der Waals surface area contributed by atoms with E-state index < -0.39 is 0 Å². The maximum atomic E-state index is 5.92. The maximum Gasteiger partial charge on any atom is 0.0931 e. The Morgan fingerprint density at radius 3 is 3.00 bits per heavy atom. The molecule has 1 aromatic heterocycles. The molecule has 0 spiro atoms. The maximum absolute atomic E-state index is 5.92. The molecule has 0 aliphatic heterocycles. The van der Waals surface area contributed by atoms with Crippen molar-refractivity contribution in [3.63, 3.8) is 0 Å². The largest absolute Gasteiger partial charge is 0.309 e. The van der Waals surface area contributed by atoms with Crippen LogP contribution in [0.15, 0.2) is 12.1 Å². The van der Waals surface area contributed by atoms with E-state index in [1.807, 2.05) is 6.07 Å². The van der Waals surface area contributed by atoms with Crippen LogP contribution in [0.4, 0.5) is 0 Å². The Morgan fingerprint density at radius 2 is 2.38 bits per heavy atom. The molecule has 0 radical (unpaired) electrons. The first-order valence-electron chi connectivity index (χ1n) is 5.82. The number of thioether (sulfide) groups is 1. The van der Waals surface area contributed by atoms with E-state index >= 15 is 0 Å². The molecular weight excluding hydrogens is 258 g/mol. The van der Waals surface area contributed by atoms with Gasteiger partial charge < -0.3 is 5.32 Å². The van der Waals surface area contributed by atoms with E-state index in [4.69, 9.17) is 11.6 Å². The SMILES string of the molecule is CC(NCCSCC1CC1)c1ccc(Cl)s1. The molecule has 1 aromatic rings. The quantitative estimate of drug-likeness (QED) is 0.749. The molecule has 1 aliphatic carbocycles. The zero-order valence-electron chi connectivity index (χ0n) is 9.54. The molecule has 1 fully saturated rings. The van der Waals surface area contributed by atoms with Gasteiger partial charge in [0.1, 0.15) is 0 Å². The van der Waals surface area contributed by atoms with Gasteiger partial charge >= 0.3 is 0 Å². The van der Waals surface area contributed by atoms with Gasteiger partial charge in [-0.25, -0.2) is 0 Å². The first-order valence-corrected chi connectivity index (χ1v) is 8.17. The lowest BCUT2D eigenvalue weighted by Gasteiger charge is -2.11. The smallest absolute Gasteiger partial charge is 0.0931 e. The van der Waals surface area contributed by atoms with Crippen LogP contribution in [-0.4, -0.2) is 18.1 Å². The van der Waals surface area contributed by atoms with Gasteiger partial charge in [0.25, 0.3) is 0 Å². The molecule has 1 nitrogen and oxygen atoms in total. The molecule has 4 heteroatoms. The highest BCUT2D eigenvalue weighted by Gasteiger charge is 2.20.